The molecule has 0 aliphatic carbocycles. The summed E-state index contributed by atoms with van der Waals surface area (Å²) in [6.45, 7) is 1.75. The van der Waals surface area contributed by atoms with E-state index in [0.29, 0.717) is 5.01 Å². The Morgan fingerprint density at radius 2 is 1.71 bits per heavy atom. The predicted octanol–water partition coefficient (Wildman–Crippen LogP) is 1.87. The van der Waals surface area contributed by atoms with Crippen LogP contribution in [0.5, 0.6) is 0 Å². The smallest absolute Gasteiger partial charge is 0.437 e. The number of allylic oxidation sites excluding steroid dienone is 2. The lowest BCUT2D eigenvalue weighted by molar-refractivity contribution is -0.135. The number of fused-ring (bicyclic) bond motifs is 1. The number of hydrogen-bond donors (Lipinski definition) is 0. The van der Waals surface area contributed by atoms with E-state index in [1.807, 2.05) is 48.2 Å². The van der Waals surface area contributed by atoms with Gasteiger partial charge in [-0.15, -0.1) is 5.01 Å². The second kappa shape index (κ2) is 7.55. The zero-order valence-electron chi connectivity index (χ0n) is 16.0. The molecule has 0 bridgehead atoms. The SMILES string of the molecule is CCOC(=O)C1=NN(C(=O)OC)C(=O)/C1=C/C=C1N(C)c2ccccc2N1C. The van der Waals surface area contributed by atoms with Crippen LogP contribution in [0.4, 0.5) is 16.2 Å². The molecule has 0 saturated heterocycles. The number of nitrogens with zero attached hydrogens (tertiary/aromatic N) is 4. The van der Waals surface area contributed by atoms with Crippen molar-refractivity contribution in [3.05, 3.63) is 47.8 Å². The summed E-state index contributed by atoms with van der Waals surface area (Å²) in [7, 11) is 4.91. The Morgan fingerprint density at radius 1 is 1.11 bits per heavy atom. The van der Waals surface area contributed by atoms with E-state index < -0.39 is 18.0 Å². The van der Waals surface area contributed by atoms with Gasteiger partial charge in [0.25, 0.3) is 5.91 Å². The number of imide groups is 1. The number of para-hydroxylation sites is 2. The van der Waals surface area contributed by atoms with E-state index in [4.69, 9.17) is 4.74 Å². The molecule has 1 aromatic carbocycles. The second-order valence-electron chi connectivity index (χ2n) is 5.97. The van der Waals surface area contributed by atoms with Crippen LogP contribution in [-0.4, -0.2) is 56.5 Å². The topological polar surface area (TPSA) is 91.8 Å². The molecule has 0 aromatic heterocycles. The van der Waals surface area contributed by atoms with Gasteiger partial charge in [0.1, 0.15) is 5.82 Å². The number of ether oxygens (including phenoxy) is 2. The molecule has 3 rings (SSSR count). The van der Waals surface area contributed by atoms with E-state index in [9.17, 15) is 14.4 Å². The Morgan fingerprint density at radius 3 is 2.25 bits per heavy atom. The summed E-state index contributed by atoms with van der Waals surface area (Å²) in [5.74, 6) is -0.767. The maximum absolute atomic E-state index is 12.6. The molecule has 9 nitrogen and oxygen atoms in total. The molecule has 0 fully saturated rings. The first kappa shape index (κ1) is 19.2. The third-order valence-corrected chi connectivity index (χ3v) is 4.39. The fraction of sp³-hybridized carbons (Fsp3) is 0.263. The van der Waals surface area contributed by atoms with Crippen LogP contribution >= 0.6 is 0 Å². The van der Waals surface area contributed by atoms with Crippen molar-refractivity contribution < 1.29 is 23.9 Å². The van der Waals surface area contributed by atoms with Gasteiger partial charge >= 0.3 is 12.1 Å². The molecule has 1 aromatic rings. The normalized spacial score (nSPS) is 17.1. The molecule has 2 amide bonds. The molecule has 0 radical (unpaired) electrons. The Hall–Kier alpha value is -3.62. The van der Waals surface area contributed by atoms with Gasteiger partial charge in [-0.05, 0) is 31.2 Å². The minimum Gasteiger partial charge on any atom is -0.461 e. The Balaban J connectivity index is 1.99. The van der Waals surface area contributed by atoms with E-state index in [-0.39, 0.29) is 17.9 Å². The highest BCUT2D eigenvalue weighted by molar-refractivity contribution is 6.51. The van der Waals surface area contributed by atoms with Gasteiger partial charge in [-0.25, -0.2) is 9.59 Å². The quantitative estimate of drug-likeness (QED) is 0.580. The summed E-state index contributed by atoms with van der Waals surface area (Å²) < 4.78 is 9.49. The van der Waals surface area contributed by atoms with Crippen molar-refractivity contribution >= 4 is 35.1 Å². The van der Waals surface area contributed by atoms with Crippen LogP contribution in [-0.2, 0) is 19.1 Å². The van der Waals surface area contributed by atoms with Crippen LogP contribution in [0.25, 0.3) is 0 Å². The van der Waals surface area contributed by atoms with Gasteiger partial charge in [0.2, 0.25) is 0 Å². The Labute approximate surface area is 162 Å². The van der Waals surface area contributed by atoms with Gasteiger partial charge in [0.05, 0.1) is 30.7 Å². The third-order valence-electron chi connectivity index (χ3n) is 4.39. The van der Waals surface area contributed by atoms with Gasteiger partial charge in [-0.2, -0.15) is 5.10 Å². The molecule has 0 unspecified atom stereocenters. The molecule has 146 valence electrons. The minimum atomic E-state index is -0.981. The van der Waals surface area contributed by atoms with E-state index in [1.54, 1.807) is 13.0 Å². The fourth-order valence-electron chi connectivity index (χ4n) is 3.01. The standard InChI is InChI=1S/C19H20N4O5/c1-5-28-18(25)16-12(17(24)23(20-16)19(26)27-4)10-11-15-21(2)13-8-6-7-9-14(13)22(15)3/h6-11H,5H2,1-4H3/b12-10+. The average Bonchev–Trinajstić information content (AvgIpc) is 3.15. The summed E-state index contributed by atoms with van der Waals surface area (Å²) in [6, 6.07) is 7.83. The van der Waals surface area contributed by atoms with Crippen molar-refractivity contribution in [3.63, 3.8) is 0 Å². The third kappa shape index (κ3) is 3.11. The van der Waals surface area contributed by atoms with Crippen LogP contribution in [0.15, 0.2) is 52.9 Å². The highest BCUT2D eigenvalue weighted by Gasteiger charge is 2.39. The van der Waals surface area contributed by atoms with Crippen molar-refractivity contribution in [2.45, 2.75) is 6.92 Å². The lowest BCUT2D eigenvalue weighted by Gasteiger charge is -2.17. The molecular weight excluding hydrogens is 364 g/mol. The largest absolute Gasteiger partial charge is 0.461 e. The maximum Gasteiger partial charge on any atom is 0.437 e. The number of hydrogen-bond acceptors (Lipinski definition) is 8. The van der Waals surface area contributed by atoms with Gasteiger partial charge < -0.3 is 19.3 Å². The van der Waals surface area contributed by atoms with Crippen molar-refractivity contribution in [2.24, 2.45) is 5.10 Å². The molecule has 28 heavy (non-hydrogen) atoms. The number of hydrazone groups is 1. The number of benzene rings is 1. The number of anilines is 2. The van der Waals surface area contributed by atoms with E-state index >= 15 is 0 Å². The first-order valence-corrected chi connectivity index (χ1v) is 8.57. The number of methoxy groups -OCH3 is 1. The maximum atomic E-state index is 12.6. The van der Waals surface area contributed by atoms with E-state index in [1.165, 1.54) is 6.08 Å². The summed E-state index contributed by atoms with van der Waals surface area (Å²) in [5.41, 5.74) is 1.72. The van der Waals surface area contributed by atoms with Gasteiger partial charge in [-0.1, -0.05) is 12.1 Å². The van der Waals surface area contributed by atoms with Gasteiger partial charge in [0, 0.05) is 14.1 Å². The molecule has 2 aliphatic rings. The molecule has 0 atom stereocenters. The summed E-state index contributed by atoms with van der Waals surface area (Å²) in [5, 5.41) is 4.30. The highest BCUT2D eigenvalue weighted by atomic mass is 16.6. The number of carbonyl (C=O) groups excluding carboxylic acids is 3. The zero-order chi connectivity index (χ0) is 20.4. The fourth-order valence-corrected chi connectivity index (χ4v) is 3.01. The van der Waals surface area contributed by atoms with Crippen LogP contribution in [0.3, 0.4) is 0 Å². The number of rotatable bonds is 3. The first-order valence-electron chi connectivity index (χ1n) is 8.57. The van der Waals surface area contributed by atoms with Crippen molar-refractivity contribution in [1.29, 1.82) is 0 Å². The first-order chi connectivity index (χ1) is 13.4. The summed E-state index contributed by atoms with van der Waals surface area (Å²) >= 11 is 0. The summed E-state index contributed by atoms with van der Waals surface area (Å²) in [6.07, 6.45) is 2.16. The zero-order valence-corrected chi connectivity index (χ0v) is 16.0. The molecule has 0 saturated carbocycles. The number of amides is 2. The molecule has 0 N–H and O–H groups in total. The van der Waals surface area contributed by atoms with Crippen molar-refractivity contribution in [1.82, 2.24) is 5.01 Å². The van der Waals surface area contributed by atoms with Crippen LogP contribution in [0, 0.1) is 0 Å². The predicted molar refractivity (Wildman–Crippen MR) is 103 cm³/mol. The van der Waals surface area contributed by atoms with Crippen molar-refractivity contribution in [2.75, 3.05) is 37.6 Å². The molecule has 9 heteroatoms. The lowest BCUT2D eigenvalue weighted by Crippen LogP contribution is -2.29. The van der Waals surface area contributed by atoms with Gasteiger partial charge in [-0.3, -0.25) is 4.79 Å². The molecule has 0 spiro atoms. The van der Waals surface area contributed by atoms with E-state index in [2.05, 4.69) is 9.84 Å². The number of carbonyl (C=O) groups is 3. The minimum absolute atomic E-state index is 0.0471. The van der Waals surface area contributed by atoms with Crippen LogP contribution in [0.2, 0.25) is 0 Å². The second-order valence-corrected chi connectivity index (χ2v) is 5.97. The molecule has 2 heterocycles. The molecular formula is C19H20N4O5. The van der Waals surface area contributed by atoms with Gasteiger partial charge in [0.15, 0.2) is 5.71 Å². The molecule has 2 aliphatic heterocycles. The lowest BCUT2D eigenvalue weighted by atomic mass is 10.1. The monoisotopic (exact) mass is 384 g/mol. The van der Waals surface area contributed by atoms with Crippen molar-refractivity contribution in [3.8, 4) is 0 Å². The van der Waals surface area contributed by atoms with E-state index in [0.717, 1.165) is 24.3 Å². The Bertz CT molecular complexity index is 903. The highest BCUT2D eigenvalue weighted by Crippen LogP contribution is 2.39. The van der Waals surface area contributed by atoms with Crippen LogP contribution in [0.1, 0.15) is 6.92 Å². The number of esters is 1. The summed E-state index contributed by atoms with van der Waals surface area (Å²) in [4.78, 5) is 40.5. The van der Waals surface area contributed by atoms with Crippen LogP contribution < -0.4 is 9.80 Å². The Kier molecular flexibility index (Phi) is 5.16. The average molecular weight is 384 g/mol.